The Morgan fingerprint density at radius 1 is 1.23 bits per heavy atom. The predicted molar refractivity (Wildman–Crippen MR) is 94.7 cm³/mol. The standard InChI is InChI=1S/C19H21N3O4/c1-24-15-5-3-4-13(16(15)25-2)17-20-10-14-18(21-17)26-9-8-22(19(14)23)11-12-6-7-12/h3-5,10,12H,6-9,11H2,1-2H3. The summed E-state index contributed by atoms with van der Waals surface area (Å²) in [5, 5.41) is 0. The van der Waals surface area contributed by atoms with E-state index in [0.29, 0.717) is 53.4 Å². The minimum absolute atomic E-state index is 0.0615. The molecule has 136 valence electrons. The molecule has 4 rings (SSSR count). The number of nitrogens with zero attached hydrogens (tertiary/aromatic N) is 3. The highest BCUT2D eigenvalue weighted by molar-refractivity contribution is 5.96. The van der Waals surface area contributed by atoms with E-state index >= 15 is 0 Å². The Balaban J connectivity index is 1.70. The van der Waals surface area contributed by atoms with E-state index in [2.05, 4.69) is 9.97 Å². The van der Waals surface area contributed by atoms with Gasteiger partial charge in [-0.25, -0.2) is 4.98 Å². The van der Waals surface area contributed by atoms with Crippen LogP contribution in [0.25, 0.3) is 11.4 Å². The number of methoxy groups -OCH3 is 2. The number of fused-ring (bicyclic) bond motifs is 1. The van der Waals surface area contributed by atoms with Crippen LogP contribution >= 0.6 is 0 Å². The Hall–Kier alpha value is -2.83. The summed E-state index contributed by atoms with van der Waals surface area (Å²) in [6.45, 7) is 1.79. The summed E-state index contributed by atoms with van der Waals surface area (Å²) in [5.41, 5.74) is 1.10. The molecule has 0 N–H and O–H groups in total. The van der Waals surface area contributed by atoms with E-state index in [-0.39, 0.29) is 5.91 Å². The van der Waals surface area contributed by atoms with Crippen molar-refractivity contribution in [2.75, 3.05) is 33.9 Å². The highest BCUT2D eigenvalue weighted by Gasteiger charge is 2.31. The zero-order valence-corrected chi connectivity index (χ0v) is 14.9. The molecule has 2 aromatic rings. The van der Waals surface area contributed by atoms with Crippen LogP contribution in [0.4, 0.5) is 0 Å². The summed E-state index contributed by atoms with van der Waals surface area (Å²) in [6.07, 6.45) is 3.94. The van der Waals surface area contributed by atoms with E-state index in [9.17, 15) is 4.79 Å². The van der Waals surface area contributed by atoms with Gasteiger partial charge in [0.25, 0.3) is 5.91 Å². The second-order valence-electron chi connectivity index (χ2n) is 6.50. The van der Waals surface area contributed by atoms with Gasteiger partial charge in [0.1, 0.15) is 12.2 Å². The summed E-state index contributed by atoms with van der Waals surface area (Å²) in [6, 6.07) is 5.50. The number of carbonyl (C=O) groups is 1. The van der Waals surface area contributed by atoms with E-state index in [1.807, 2.05) is 23.1 Å². The quantitative estimate of drug-likeness (QED) is 0.820. The van der Waals surface area contributed by atoms with E-state index in [4.69, 9.17) is 14.2 Å². The monoisotopic (exact) mass is 355 g/mol. The topological polar surface area (TPSA) is 73.8 Å². The molecule has 0 bridgehead atoms. The fourth-order valence-corrected chi connectivity index (χ4v) is 3.13. The van der Waals surface area contributed by atoms with Gasteiger partial charge in [0.05, 0.1) is 26.3 Å². The molecular formula is C19H21N3O4. The molecule has 1 aromatic heterocycles. The molecule has 0 atom stereocenters. The van der Waals surface area contributed by atoms with Crippen LogP contribution in [0.3, 0.4) is 0 Å². The van der Waals surface area contributed by atoms with Crippen LogP contribution < -0.4 is 14.2 Å². The number of benzene rings is 1. The summed E-state index contributed by atoms with van der Waals surface area (Å²) >= 11 is 0. The molecule has 7 nitrogen and oxygen atoms in total. The van der Waals surface area contributed by atoms with Gasteiger partial charge in [-0.05, 0) is 30.9 Å². The van der Waals surface area contributed by atoms with Crippen molar-refractivity contribution in [2.45, 2.75) is 12.8 Å². The number of carbonyl (C=O) groups excluding carboxylic acids is 1. The molecule has 2 aliphatic rings. The molecule has 1 aliphatic carbocycles. The number of aromatic nitrogens is 2. The van der Waals surface area contributed by atoms with Crippen LogP contribution in [-0.4, -0.2) is 54.7 Å². The number of para-hydroxylation sites is 1. The number of rotatable bonds is 5. The average molecular weight is 355 g/mol. The Bertz CT molecular complexity index is 836. The van der Waals surface area contributed by atoms with E-state index < -0.39 is 0 Å². The molecule has 0 radical (unpaired) electrons. The highest BCUT2D eigenvalue weighted by atomic mass is 16.5. The van der Waals surface area contributed by atoms with Crippen LogP contribution in [0.2, 0.25) is 0 Å². The average Bonchev–Trinajstić information content (AvgIpc) is 3.50. The number of hydrogen-bond acceptors (Lipinski definition) is 6. The number of hydrogen-bond donors (Lipinski definition) is 0. The lowest BCUT2D eigenvalue weighted by atomic mass is 10.1. The van der Waals surface area contributed by atoms with Crippen LogP contribution in [-0.2, 0) is 0 Å². The molecule has 7 heteroatoms. The van der Waals surface area contributed by atoms with Gasteiger partial charge in [0.15, 0.2) is 17.3 Å². The molecule has 1 aromatic carbocycles. The van der Waals surface area contributed by atoms with Crippen molar-refractivity contribution in [2.24, 2.45) is 5.92 Å². The lowest BCUT2D eigenvalue weighted by molar-refractivity contribution is 0.0747. The molecule has 0 unspecified atom stereocenters. The fraction of sp³-hybridized carbons (Fsp3) is 0.421. The zero-order valence-electron chi connectivity index (χ0n) is 14.9. The largest absolute Gasteiger partial charge is 0.493 e. The molecule has 0 saturated heterocycles. The van der Waals surface area contributed by atoms with Crippen molar-refractivity contribution in [3.63, 3.8) is 0 Å². The summed E-state index contributed by atoms with van der Waals surface area (Å²) in [4.78, 5) is 23.5. The molecule has 2 heterocycles. The minimum Gasteiger partial charge on any atom is -0.493 e. The Labute approximate surface area is 151 Å². The van der Waals surface area contributed by atoms with Gasteiger partial charge in [-0.1, -0.05) is 6.07 Å². The zero-order chi connectivity index (χ0) is 18.1. The summed E-state index contributed by atoms with van der Waals surface area (Å²) < 4.78 is 16.5. The van der Waals surface area contributed by atoms with Crippen molar-refractivity contribution in [1.29, 1.82) is 0 Å². The van der Waals surface area contributed by atoms with Gasteiger partial charge >= 0.3 is 0 Å². The lowest BCUT2D eigenvalue weighted by Crippen LogP contribution is -2.34. The molecule has 1 saturated carbocycles. The second-order valence-corrected chi connectivity index (χ2v) is 6.50. The normalized spacial score (nSPS) is 16.5. The van der Waals surface area contributed by atoms with E-state index in [1.54, 1.807) is 20.4 Å². The van der Waals surface area contributed by atoms with E-state index in [0.717, 1.165) is 6.54 Å². The predicted octanol–water partition coefficient (Wildman–Crippen LogP) is 2.41. The van der Waals surface area contributed by atoms with E-state index in [1.165, 1.54) is 12.8 Å². The van der Waals surface area contributed by atoms with Crippen molar-refractivity contribution in [3.8, 4) is 28.8 Å². The van der Waals surface area contributed by atoms with Crippen LogP contribution in [0, 0.1) is 5.92 Å². The highest BCUT2D eigenvalue weighted by Crippen LogP contribution is 2.37. The van der Waals surface area contributed by atoms with Crippen LogP contribution in [0.5, 0.6) is 17.4 Å². The smallest absolute Gasteiger partial charge is 0.261 e. The minimum atomic E-state index is -0.0615. The first-order valence-electron chi connectivity index (χ1n) is 8.71. The first kappa shape index (κ1) is 16.6. The Morgan fingerprint density at radius 3 is 2.81 bits per heavy atom. The summed E-state index contributed by atoms with van der Waals surface area (Å²) in [5.74, 6) is 2.46. The van der Waals surface area contributed by atoms with Gasteiger partial charge in [-0.2, -0.15) is 4.98 Å². The van der Waals surface area contributed by atoms with Crippen molar-refractivity contribution in [1.82, 2.24) is 14.9 Å². The molecule has 26 heavy (non-hydrogen) atoms. The van der Waals surface area contributed by atoms with Gasteiger partial charge in [0, 0.05) is 12.7 Å². The van der Waals surface area contributed by atoms with Crippen molar-refractivity contribution in [3.05, 3.63) is 30.0 Å². The van der Waals surface area contributed by atoms with Gasteiger partial charge in [-0.15, -0.1) is 0 Å². The van der Waals surface area contributed by atoms with Gasteiger partial charge < -0.3 is 19.1 Å². The number of ether oxygens (including phenoxy) is 3. The molecule has 1 aliphatic heterocycles. The SMILES string of the molecule is COc1cccc(-c2ncc3c(n2)OCCN(CC2CC2)C3=O)c1OC. The van der Waals surface area contributed by atoms with Crippen LogP contribution in [0.15, 0.2) is 24.4 Å². The van der Waals surface area contributed by atoms with Gasteiger partial charge in [0.2, 0.25) is 5.88 Å². The summed E-state index contributed by atoms with van der Waals surface area (Å²) in [7, 11) is 3.15. The molecule has 1 fully saturated rings. The van der Waals surface area contributed by atoms with Crippen molar-refractivity contribution >= 4 is 5.91 Å². The van der Waals surface area contributed by atoms with Gasteiger partial charge in [-0.3, -0.25) is 4.79 Å². The fourth-order valence-electron chi connectivity index (χ4n) is 3.13. The maximum Gasteiger partial charge on any atom is 0.261 e. The first-order chi connectivity index (χ1) is 12.7. The molecular weight excluding hydrogens is 334 g/mol. The van der Waals surface area contributed by atoms with Crippen molar-refractivity contribution < 1.29 is 19.0 Å². The first-order valence-corrected chi connectivity index (χ1v) is 8.71. The third kappa shape index (κ3) is 3.05. The maximum absolute atomic E-state index is 12.8. The Kier molecular flexibility index (Phi) is 4.36. The third-order valence-corrected chi connectivity index (χ3v) is 4.69. The molecule has 0 spiro atoms. The second kappa shape index (κ2) is 6.82. The third-order valence-electron chi connectivity index (χ3n) is 4.69. The lowest BCUT2D eigenvalue weighted by Gasteiger charge is -2.19. The Morgan fingerprint density at radius 2 is 2.08 bits per heavy atom. The number of amides is 1. The maximum atomic E-state index is 12.8. The molecule has 1 amide bonds. The van der Waals surface area contributed by atoms with Crippen LogP contribution in [0.1, 0.15) is 23.2 Å².